The van der Waals surface area contributed by atoms with E-state index in [1.54, 1.807) is 7.05 Å². The van der Waals surface area contributed by atoms with E-state index in [2.05, 4.69) is 19.9 Å². The van der Waals surface area contributed by atoms with E-state index in [1.807, 2.05) is 60.0 Å². The monoisotopic (exact) mass is 416 g/mol. The maximum atomic E-state index is 13.5. The smallest absolute Gasteiger partial charge is 0.314 e. The first-order valence-corrected chi connectivity index (χ1v) is 10.8. The van der Waals surface area contributed by atoms with Crippen LogP contribution in [0.2, 0.25) is 0 Å². The van der Waals surface area contributed by atoms with Gasteiger partial charge in [0.25, 0.3) is 5.56 Å². The van der Waals surface area contributed by atoms with Gasteiger partial charge in [0.1, 0.15) is 5.82 Å². The number of imidazole rings is 1. The molecule has 4 rings (SSSR count). The fourth-order valence-corrected chi connectivity index (χ4v) is 4.12. The van der Waals surface area contributed by atoms with Crippen LogP contribution in [-0.4, -0.2) is 18.7 Å². The zero-order chi connectivity index (χ0) is 22.1. The van der Waals surface area contributed by atoms with Gasteiger partial charge in [0.2, 0.25) is 0 Å². The van der Waals surface area contributed by atoms with Crippen LogP contribution < -0.4 is 11.2 Å². The van der Waals surface area contributed by atoms with Gasteiger partial charge in [-0.1, -0.05) is 75.4 Å². The average molecular weight is 417 g/mol. The number of aromatic nitrogens is 4. The number of hydrogen-bond acceptors (Lipinski definition) is 3. The molecule has 0 saturated carbocycles. The van der Waals surface area contributed by atoms with Crippen molar-refractivity contribution in [3.63, 3.8) is 0 Å². The molecule has 160 valence electrons. The molecule has 2 aromatic heterocycles. The lowest BCUT2D eigenvalue weighted by molar-refractivity contribution is 0.590. The van der Waals surface area contributed by atoms with Gasteiger partial charge in [-0.2, -0.15) is 0 Å². The van der Waals surface area contributed by atoms with Crippen LogP contribution in [0.1, 0.15) is 44.2 Å². The normalized spacial score (nSPS) is 11.5. The maximum absolute atomic E-state index is 13.5. The van der Waals surface area contributed by atoms with E-state index < -0.39 is 0 Å². The summed E-state index contributed by atoms with van der Waals surface area (Å²) in [4.78, 5) is 31.2. The Kier molecular flexibility index (Phi) is 5.63. The van der Waals surface area contributed by atoms with Crippen LogP contribution in [0.25, 0.3) is 22.6 Å². The van der Waals surface area contributed by atoms with Gasteiger partial charge >= 0.3 is 5.69 Å². The Morgan fingerprint density at radius 1 is 0.935 bits per heavy atom. The summed E-state index contributed by atoms with van der Waals surface area (Å²) in [7, 11) is 1.69. The summed E-state index contributed by atoms with van der Waals surface area (Å²) in [6.45, 7) is 7.14. The third-order valence-electron chi connectivity index (χ3n) is 5.69. The molecule has 31 heavy (non-hydrogen) atoms. The molecule has 2 heterocycles. The molecular weight excluding hydrogens is 388 g/mol. The lowest BCUT2D eigenvalue weighted by Crippen LogP contribution is -2.39. The van der Waals surface area contributed by atoms with E-state index >= 15 is 0 Å². The minimum atomic E-state index is -0.326. The van der Waals surface area contributed by atoms with Gasteiger partial charge in [0.05, 0.1) is 0 Å². The largest absolute Gasteiger partial charge is 0.332 e. The number of fused-ring (bicyclic) bond motifs is 1. The van der Waals surface area contributed by atoms with Gasteiger partial charge in [-0.25, -0.2) is 9.78 Å². The summed E-state index contributed by atoms with van der Waals surface area (Å²) < 4.78 is 4.79. The minimum absolute atomic E-state index is 0.281. The van der Waals surface area contributed by atoms with Crippen molar-refractivity contribution in [1.82, 2.24) is 18.7 Å². The Morgan fingerprint density at radius 3 is 2.29 bits per heavy atom. The summed E-state index contributed by atoms with van der Waals surface area (Å²) in [6.07, 6.45) is 0.705. The standard InChI is InChI=1S/C25H28N4O2/c1-5-15-28-24(30)21-23(27(4)25(28)31)26-22(20-14-10-9-13-19(20)17(2)3)29(21)16-18-11-7-6-8-12-18/h6-14,17H,5,15-16H2,1-4H3. The van der Waals surface area contributed by atoms with Crippen molar-refractivity contribution in [3.8, 4) is 11.4 Å². The van der Waals surface area contributed by atoms with Crippen molar-refractivity contribution in [2.45, 2.75) is 46.2 Å². The Bertz CT molecular complexity index is 1340. The molecule has 6 heteroatoms. The van der Waals surface area contributed by atoms with E-state index in [-0.39, 0.29) is 11.2 Å². The lowest BCUT2D eigenvalue weighted by Gasteiger charge is -2.15. The highest BCUT2D eigenvalue weighted by molar-refractivity contribution is 5.78. The molecule has 0 unspecified atom stereocenters. The average Bonchev–Trinajstić information content (AvgIpc) is 3.15. The molecule has 6 nitrogen and oxygen atoms in total. The van der Waals surface area contributed by atoms with E-state index in [0.29, 0.717) is 42.4 Å². The quantitative estimate of drug-likeness (QED) is 0.474. The van der Waals surface area contributed by atoms with Gasteiger partial charge in [-0.15, -0.1) is 0 Å². The summed E-state index contributed by atoms with van der Waals surface area (Å²) in [5, 5.41) is 0. The molecule has 0 aliphatic rings. The maximum Gasteiger partial charge on any atom is 0.332 e. The highest BCUT2D eigenvalue weighted by atomic mass is 16.2. The molecule has 0 amide bonds. The van der Waals surface area contributed by atoms with Gasteiger partial charge in [0.15, 0.2) is 11.2 Å². The van der Waals surface area contributed by atoms with Gasteiger partial charge in [0, 0.05) is 25.7 Å². The van der Waals surface area contributed by atoms with Crippen LogP contribution in [0, 0.1) is 0 Å². The van der Waals surface area contributed by atoms with E-state index in [9.17, 15) is 9.59 Å². The van der Waals surface area contributed by atoms with Crippen LogP contribution in [0.4, 0.5) is 0 Å². The number of hydrogen-bond donors (Lipinski definition) is 0. The van der Waals surface area contributed by atoms with Crippen LogP contribution in [0.5, 0.6) is 0 Å². The van der Waals surface area contributed by atoms with Crippen LogP contribution in [0.15, 0.2) is 64.2 Å². The van der Waals surface area contributed by atoms with Crippen molar-refractivity contribution in [1.29, 1.82) is 0 Å². The van der Waals surface area contributed by atoms with Crippen LogP contribution >= 0.6 is 0 Å². The van der Waals surface area contributed by atoms with Crippen molar-refractivity contribution in [3.05, 3.63) is 86.6 Å². The number of nitrogens with zero attached hydrogens (tertiary/aromatic N) is 4. The zero-order valence-corrected chi connectivity index (χ0v) is 18.5. The summed E-state index contributed by atoms with van der Waals surface area (Å²) in [5.74, 6) is 1.01. The fraction of sp³-hybridized carbons (Fsp3) is 0.320. The molecule has 0 spiro atoms. The van der Waals surface area contributed by atoms with E-state index in [4.69, 9.17) is 4.98 Å². The summed E-state index contributed by atoms with van der Waals surface area (Å²) in [5.41, 5.74) is 3.49. The van der Waals surface area contributed by atoms with Crippen molar-refractivity contribution >= 4 is 11.2 Å². The third kappa shape index (κ3) is 3.63. The van der Waals surface area contributed by atoms with Gasteiger partial charge in [-0.3, -0.25) is 13.9 Å². The van der Waals surface area contributed by atoms with Gasteiger partial charge < -0.3 is 4.57 Å². The predicted molar refractivity (Wildman–Crippen MR) is 125 cm³/mol. The number of rotatable bonds is 6. The topological polar surface area (TPSA) is 61.8 Å². The highest BCUT2D eigenvalue weighted by Crippen LogP contribution is 2.30. The number of benzene rings is 2. The SMILES string of the molecule is CCCn1c(=O)c2c(nc(-c3ccccc3C(C)C)n2Cc2ccccc2)n(C)c1=O. The molecule has 0 saturated heterocycles. The van der Waals surface area contributed by atoms with Crippen molar-refractivity contribution in [2.24, 2.45) is 7.05 Å². The molecule has 4 aromatic rings. The van der Waals surface area contributed by atoms with Crippen LogP contribution in [0.3, 0.4) is 0 Å². The summed E-state index contributed by atoms with van der Waals surface area (Å²) >= 11 is 0. The molecule has 2 aromatic carbocycles. The van der Waals surface area contributed by atoms with Crippen molar-refractivity contribution in [2.75, 3.05) is 0 Å². The second-order valence-electron chi connectivity index (χ2n) is 8.22. The molecule has 0 atom stereocenters. The Balaban J connectivity index is 2.10. The minimum Gasteiger partial charge on any atom is -0.314 e. The van der Waals surface area contributed by atoms with Crippen LogP contribution in [-0.2, 0) is 20.1 Å². The second-order valence-corrected chi connectivity index (χ2v) is 8.22. The van der Waals surface area contributed by atoms with Crippen molar-refractivity contribution < 1.29 is 0 Å². The Hall–Kier alpha value is -3.41. The van der Waals surface area contributed by atoms with E-state index in [1.165, 1.54) is 9.13 Å². The Labute approximate surface area is 181 Å². The lowest BCUT2D eigenvalue weighted by atomic mass is 9.97. The Morgan fingerprint density at radius 2 is 1.61 bits per heavy atom. The molecule has 0 bridgehead atoms. The first kappa shape index (κ1) is 20.8. The third-order valence-corrected chi connectivity index (χ3v) is 5.69. The number of aryl methyl sites for hydroxylation is 1. The zero-order valence-electron chi connectivity index (χ0n) is 18.5. The molecule has 0 radical (unpaired) electrons. The molecule has 0 fully saturated rings. The molecule has 0 N–H and O–H groups in total. The summed E-state index contributed by atoms with van der Waals surface area (Å²) in [6, 6.07) is 18.2. The molecule has 0 aliphatic heterocycles. The predicted octanol–water partition coefficient (Wildman–Crippen LogP) is 4.15. The van der Waals surface area contributed by atoms with E-state index in [0.717, 1.165) is 16.7 Å². The second kappa shape index (κ2) is 8.38. The van der Waals surface area contributed by atoms with Gasteiger partial charge in [-0.05, 0) is 23.5 Å². The first-order chi connectivity index (χ1) is 14.9. The molecular formula is C25H28N4O2. The fourth-order valence-electron chi connectivity index (χ4n) is 4.12. The highest BCUT2D eigenvalue weighted by Gasteiger charge is 2.22. The first-order valence-electron chi connectivity index (χ1n) is 10.8. The molecule has 0 aliphatic carbocycles.